The summed E-state index contributed by atoms with van der Waals surface area (Å²) in [4.78, 5) is 37.5. The highest BCUT2D eigenvalue weighted by atomic mass is 16.2. The molecule has 3 aromatic heterocycles. The van der Waals surface area contributed by atoms with Crippen molar-refractivity contribution in [3.8, 4) is 0 Å². The van der Waals surface area contributed by atoms with Crippen LogP contribution in [0.4, 0.5) is 0 Å². The molecule has 4 heterocycles. The zero-order valence-corrected chi connectivity index (χ0v) is 13.9. The van der Waals surface area contributed by atoms with E-state index in [2.05, 4.69) is 20.1 Å². The predicted octanol–water partition coefficient (Wildman–Crippen LogP) is 0.813. The number of amides is 1. The van der Waals surface area contributed by atoms with E-state index in [1.165, 1.54) is 6.33 Å². The molecule has 0 radical (unpaired) electrons. The molecule has 25 heavy (non-hydrogen) atoms. The summed E-state index contributed by atoms with van der Waals surface area (Å²) in [5.41, 5.74) is 1.54. The van der Waals surface area contributed by atoms with Crippen molar-refractivity contribution < 1.29 is 4.79 Å². The average Bonchev–Trinajstić information content (AvgIpc) is 3.25. The number of fused-ring (bicyclic) bond motifs is 1. The molecule has 0 atom stereocenters. The van der Waals surface area contributed by atoms with Crippen LogP contribution in [0.15, 0.2) is 29.6 Å². The monoisotopic (exact) mass is 341 g/mol. The van der Waals surface area contributed by atoms with Crippen molar-refractivity contribution in [1.82, 2.24) is 34.2 Å². The third kappa shape index (κ3) is 2.71. The van der Waals surface area contributed by atoms with Gasteiger partial charge in [-0.15, -0.1) is 0 Å². The first-order valence-electron chi connectivity index (χ1n) is 8.40. The Labute approximate surface area is 143 Å². The number of piperidine rings is 1. The van der Waals surface area contributed by atoms with Gasteiger partial charge in [-0.05, 0) is 25.8 Å². The highest BCUT2D eigenvalue weighted by molar-refractivity contribution is 5.92. The summed E-state index contributed by atoms with van der Waals surface area (Å²) in [6, 6.07) is 1.77. The Bertz CT molecular complexity index is 962. The van der Waals surface area contributed by atoms with Gasteiger partial charge < -0.3 is 9.88 Å². The molecule has 9 heteroatoms. The number of aryl methyl sites for hydroxylation is 1. The number of hydrogen-bond donors (Lipinski definition) is 1. The Hall–Kier alpha value is -2.97. The molecule has 0 aromatic carbocycles. The Kier molecular flexibility index (Phi) is 3.83. The molecular weight excluding hydrogens is 322 g/mol. The van der Waals surface area contributed by atoms with E-state index in [9.17, 15) is 9.59 Å². The first kappa shape index (κ1) is 15.6. The fourth-order valence-electron chi connectivity index (χ4n) is 3.35. The highest BCUT2D eigenvalue weighted by Gasteiger charge is 2.27. The second-order valence-electron chi connectivity index (χ2n) is 6.14. The number of likely N-dealkylation sites (tertiary alicyclic amines) is 1. The number of aromatic amines is 1. The van der Waals surface area contributed by atoms with Gasteiger partial charge >= 0.3 is 5.69 Å². The maximum Gasteiger partial charge on any atom is 0.327 e. The largest absolute Gasteiger partial charge is 0.337 e. The van der Waals surface area contributed by atoms with Crippen molar-refractivity contribution in [3.63, 3.8) is 0 Å². The van der Waals surface area contributed by atoms with Gasteiger partial charge in [-0.3, -0.25) is 14.0 Å². The Morgan fingerprint density at radius 2 is 2.16 bits per heavy atom. The molecule has 1 saturated heterocycles. The minimum atomic E-state index is -0.179. The quantitative estimate of drug-likeness (QED) is 0.760. The van der Waals surface area contributed by atoms with E-state index in [0.29, 0.717) is 42.8 Å². The van der Waals surface area contributed by atoms with Gasteiger partial charge in [0.2, 0.25) is 0 Å². The molecule has 0 saturated carbocycles. The molecule has 1 aliphatic rings. The van der Waals surface area contributed by atoms with Crippen molar-refractivity contribution in [1.29, 1.82) is 0 Å². The van der Waals surface area contributed by atoms with E-state index < -0.39 is 0 Å². The van der Waals surface area contributed by atoms with Crippen LogP contribution in [-0.4, -0.2) is 53.2 Å². The first-order chi connectivity index (χ1) is 12.2. The third-order valence-electron chi connectivity index (χ3n) is 4.68. The molecule has 1 fully saturated rings. The zero-order valence-electron chi connectivity index (χ0n) is 13.9. The van der Waals surface area contributed by atoms with Crippen molar-refractivity contribution in [2.75, 3.05) is 13.1 Å². The van der Waals surface area contributed by atoms with Crippen LogP contribution in [0.3, 0.4) is 0 Å². The number of aromatic nitrogens is 6. The van der Waals surface area contributed by atoms with Crippen LogP contribution in [0, 0.1) is 0 Å². The molecule has 1 aliphatic heterocycles. The van der Waals surface area contributed by atoms with Gasteiger partial charge in [-0.2, -0.15) is 5.10 Å². The van der Waals surface area contributed by atoms with E-state index in [4.69, 9.17) is 0 Å². The molecule has 3 aromatic rings. The molecule has 4 rings (SSSR count). The lowest BCUT2D eigenvalue weighted by atomic mass is 10.0. The van der Waals surface area contributed by atoms with Crippen molar-refractivity contribution >= 4 is 17.1 Å². The Balaban J connectivity index is 1.50. The fourth-order valence-corrected chi connectivity index (χ4v) is 3.35. The number of nitrogens with zero attached hydrogens (tertiary/aromatic N) is 6. The minimum absolute atomic E-state index is 0.0217. The lowest BCUT2D eigenvalue weighted by molar-refractivity contribution is 0.0688. The summed E-state index contributed by atoms with van der Waals surface area (Å²) in [7, 11) is 0. The van der Waals surface area contributed by atoms with Crippen LogP contribution in [0.5, 0.6) is 0 Å². The predicted molar refractivity (Wildman–Crippen MR) is 90.2 cm³/mol. The van der Waals surface area contributed by atoms with E-state index in [0.717, 1.165) is 6.54 Å². The lowest BCUT2D eigenvalue weighted by Crippen LogP contribution is -2.40. The van der Waals surface area contributed by atoms with Crippen molar-refractivity contribution in [2.24, 2.45) is 0 Å². The maximum atomic E-state index is 12.6. The van der Waals surface area contributed by atoms with Gasteiger partial charge in [0.05, 0.1) is 6.20 Å². The van der Waals surface area contributed by atoms with Crippen LogP contribution in [-0.2, 0) is 6.54 Å². The van der Waals surface area contributed by atoms with E-state index in [1.54, 1.807) is 26.4 Å². The summed E-state index contributed by atoms with van der Waals surface area (Å²) < 4.78 is 3.43. The summed E-state index contributed by atoms with van der Waals surface area (Å²) in [5, 5.41) is 4.28. The van der Waals surface area contributed by atoms with Crippen LogP contribution < -0.4 is 5.69 Å². The van der Waals surface area contributed by atoms with E-state index in [-0.39, 0.29) is 17.6 Å². The number of hydrogen-bond acceptors (Lipinski definition) is 5. The lowest BCUT2D eigenvalue weighted by Gasteiger charge is -2.31. The van der Waals surface area contributed by atoms with Crippen molar-refractivity contribution in [2.45, 2.75) is 32.4 Å². The van der Waals surface area contributed by atoms with Crippen LogP contribution in [0.25, 0.3) is 11.2 Å². The standard InChI is InChI=1S/C16H19N7O2/c1-2-22-8-5-12(20-22)15(24)21-6-3-11(4-7-21)23-14-13(19-16(23)25)9-17-10-18-14/h5,8-11H,2-4,6-7H2,1H3,(H,19,25). The normalized spacial score (nSPS) is 15.8. The van der Waals surface area contributed by atoms with Crippen LogP contribution >= 0.6 is 0 Å². The molecule has 1 amide bonds. The molecule has 9 nitrogen and oxygen atoms in total. The molecule has 130 valence electrons. The van der Waals surface area contributed by atoms with Gasteiger partial charge in [-0.1, -0.05) is 0 Å². The number of nitrogens with one attached hydrogen (secondary N) is 1. The SMILES string of the molecule is CCn1ccc(C(=O)N2CCC(n3c(=O)[nH]c4cncnc43)CC2)n1. The maximum absolute atomic E-state index is 12.6. The molecule has 0 bridgehead atoms. The number of carbonyl (C=O) groups excluding carboxylic acids is 1. The fraction of sp³-hybridized carbons (Fsp3) is 0.438. The van der Waals surface area contributed by atoms with Gasteiger partial charge in [-0.25, -0.2) is 14.8 Å². The summed E-state index contributed by atoms with van der Waals surface area (Å²) in [5.74, 6) is -0.0563. The number of H-pyrrole nitrogens is 1. The Morgan fingerprint density at radius 3 is 2.88 bits per heavy atom. The summed E-state index contributed by atoms with van der Waals surface area (Å²) >= 11 is 0. The second kappa shape index (κ2) is 6.15. The van der Waals surface area contributed by atoms with Gasteiger partial charge in [0, 0.05) is 31.9 Å². The summed E-state index contributed by atoms with van der Waals surface area (Å²) in [6.07, 6.45) is 6.26. The minimum Gasteiger partial charge on any atom is -0.337 e. The molecule has 0 aliphatic carbocycles. The highest BCUT2D eigenvalue weighted by Crippen LogP contribution is 2.24. The number of rotatable bonds is 3. The van der Waals surface area contributed by atoms with Crippen LogP contribution in [0.1, 0.15) is 36.3 Å². The second-order valence-corrected chi connectivity index (χ2v) is 6.14. The molecule has 0 spiro atoms. The average molecular weight is 341 g/mol. The van der Waals surface area contributed by atoms with Crippen LogP contribution in [0.2, 0.25) is 0 Å². The topological polar surface area (TPSA) is 102 Å². The van der Waals surface area contributed by atoms with E-state index >= 15 is 0 Å². The van der Waals surface area contributed by atoms with Gasteiger partial charge in [0.15, 0.2) is 5.65 Å². The number of imidazole rings is 1. The number of carbonyl (C=O) groups is 1. The third-order valence-corrected chi connectivity index (χ3v) is 4.68. The van der Waals surface area contributed by atoms with E-state index in [1.807, 2.05) is 13.1 Å². The van der Waals surface area contributed by atoms with Gasteiger partial charge in [0.1, 0.15) is 17.5 Å². The van der Waals surface area contributed by atoms with Crippen molar-refractivity contribution in [3.05, 3.63) is 41.0 Å². The smallest absolute Gasteiger partial charge is 0.327 e. The first-order valence-corrected chi connectivity index (χ1v) is 8.40. The van der Waals surface area contributed by atoms with Gasteiger partial charge in [0.25, 0.3) is 5.91 Å². The summed E-state index contributed by atoms with van der Waals surface area (Å²) in [6.45, 7) is 3.90. The molecule has 0 unspecified atom stereocenters. The molecule has 1 N–H and O–H groups in total. The zero-order chi connectivity index (χ0) is 17.4. The molecular formula is C16H19N7O2. The Morgan fingerprint density at radius 1 is 1.36 bits per heavy atom.